The lowest BCUT2D eigenvalue weighted by Crippen LogP contribution is -2.48. The van der Waals surface area contributed by atoms with Crippen molar-refractivity contribution < 1.29 is 9.47 Å². The highest BCUT2D eigenvalue weighted by atomic mass is 16.5. The second kappa shape index (κ2) is 9.48. The first-order chi connectivity index (χ1) is 14.2. The Morgan fingerprint density at radius 3 is 2.66 bits per heavy atom. The van der Waals surface area contributed by atoms with Crippen LogP contribution < -0.4 is 5.32 Å². The zero-order chi connectivity index (χ0) is 20.1. The van der Waals surface area contributed by atoms with Crippen molar-refractivity contribution in [1.82, 2.24) is 10.2 Å². The molecule has 5 nitrogen and oxygen atoms in total. The van der Waals surface area contributed by atoms with Crippen LogP contribution in [0.25, 0.3) is 0 Å². The highest BCUT2D eigenvalue weighted by Crippen LogP contribution is 2.48. The summed E-state index contributed by atoms with van der Waals surface area (Å²) in [7, 11) is 1.90. The quantitative estimate of drug-likeness (QED) is 0.586. The lowest BCUT2D eigenvalue weighted by atomic mass is 9.92. The number of ether oxygens (including phenoxy) is 2. The summed E-state index contributed by atoms with van der Waals surface area (Å²) in [5.74, 6) is 1.04. The van der Waals surface area contributed by atoms with E-state index in [2.05, 4.69) is 46.4 Å². The maximum Gasteiger partial charge on any atom is 0.193 e. The first kappa shape index (κ1) is 20.7. The molecule has 5 heteroatoms. The van der Waals surface area contributed by atoms with E-state index in [1.165, 1.54) is 36.8 Å². The third kappa shape index (κ3) is 5.13. The van der Waals surface area contributed by atoms with E-state index in [0.29, 0.717) is 17.6 Å². The van der Waals surface area contributed by atoms with Crippen molar-refractivity contribution in [2.24, 2.45) is 4.99 Å². The maximum atomic E-state index is 6.17. The fourth-order valence-corrected chi connectivity index (χ4v) is 4.86. The average molecular weight is 400 g/mol. The van der Waals surface area contributed by atoms with Gasteiger partial charge in [0, 0.05) is 38.7 Å². The van der Waals surface area contributed by atoms with Gasteiger partial charge in [-0.1, -0.05) is 24.3 Å². The molecule has 1 unspecified atom stereocenters. The van der Waals surface area contributed by atoms with Crippen molar-refractivity contribution >= 4 is 5.96 Å². The molecule has 3 aliphatic rings. The highest BCUT2D eigenvalue weighted by molar-refractivity contribution is 5.80. The molecule has 2 heterocycles. The van der Waals surface area contributed by atoms with Gasteiger partial charge in [-0.2, -0.15) is 0 Å². The van der Waals surface area contributed by atoms with Crippen LogP contribution in [-0.4, -0.2) is 63.0 Å². The minimum atomic E-state index is 0.294. The number of hydrogen-bond acceptors (Lipinski definition) is 3. The number of benzene rings is 1. The molecule has 0 aromatic heterocycles. The standard InChI is InChI=1S/C24H37N3O2/c1-19-7-3-4-9-22(19)24(12-13-24)18-26-23(25-2)27-14-10-20(11-15-27)29-17-21-8-5-6-16-28-21/h3-4,7,9,20-21H,5-6,8,10-18H2,1-2H3,(H,25,26). The Morgan fingerprint density at radius 2 is 2.00 bits per heavy atom. The van der Waals surface area contributed by atoms with E-state index < -0.39 is 0 Å². The molecule has 0 radical (unpaired) electrons. The molecule has 1 aliphatic carbocycles. The van der Waals surface area contributed by atoms with E-state index in [9.17, 15) is 0 Å². The number of piperidine rings is 1. The Balaban J connectivity index is 1.23. The van der Waals surface area contributed by atoms with Crippen LogP contribution in [-0.2, 0) is 14.9 Å². The van der Waals surface area contributed by atoms with E-state index in [0.717, 1.165) is 58.1 Å². The molecule has 2 saturated heterocycles. The summed E-state index contributed by atoms with van der Waals surface area (Å²) in [6.45, 7) is 6.88. The SMILES string of the molecule is CN=C(NCC1(c2ccccc2C)CC1)N1CCC(OCC2CCCCO2)CC1. The van der Waals surface area contributed by atoms with Gasteiger partial charge in [-0.05, 0) is 63.0 Å². The summed E-state index contributed by atoms with van der Waals surface area (Å²) in [5.41, 5.74) is 3.20. The zero-order valence-corrected chi connectivity index (χ0v) is 18.2. The number of aryl methyl sites for hydroxylation is 1. The van der Waals surface area contributed by atoms with Crippen molar-refractivity contribution in [3.05, 3.63) is 35.4 Å². The third-order valence-electron chi connectivity index (χ3n) is 6.90. The highest BCUT2D eigenvalue weighted by Gasteiger charge is 2.45. The smallest absolute Gasteiger partial charge is 0.193 e. The zero-order valence-electron chi connectivity index (χ0n) is 18.2. The normalized spacial score (nSPS) is 25.1. The van der Waals surface area contributed by atoms with Gasteiger partial charge in [-0.15, -0.1) is 0 Å². The molecule has 1 aromatic rings. The van der Waals surface area contributed by atoms with Gasteiger partial charge in [-0.25, -0.2) is 0 Å². The van der Waals surface area contributed by atoms with E-state index >= 15 is 0 Å². The van der Waals surface area contributed by atoms with Crippen LogP contribution in [0.15, 0.2) is 29.3 Å². The molecule has 3 fully saturated rings. The van der Waals surface area contributed by atoms with Crippen molar-refractivity contribution in [1.29, 1.82) is 0 Å². The molecule has 1 aromatic carbocycles. The minimum absolute atomic E-state index is 0.294. The molecule has 0 amide bonds. The summed E-state index contributed by atoms with van der Waals surface area (Å²) in [6, 6.07) is 8.83. The van der Waals surface area contributed by atoms with Crippen LogP contribution in [0.3, 0.4) is 0 Å². The van der Waals surface area contributed by atoms with Crippen LogP contribution >= 0.6 is 0 Å². The predicted octanol–water partition coefficient (Wildman–Crippen LogP) is 3.65. The van der Waals surface area contributed by atoms with Crippen LogP contribution in [0.2, 0.25) is 0 Å². The number of nitrogens with zero attached hydrogens (tertiary/aromatic N) is 2. The Kier molecular flexibility index (Phi) is 6.76. The number of nitrogens with one attached hydrogen (secondary N) is 1. The van der Waals surface area contributed by atoms with Gasteiger partial charge >= 0.3 is 0 Å². The van der Waals surface area contributed by atoms with Crippen molar-refractivity contribution in [2.45, 2.75) is 69.5 Å². The first-order valence-electron chi connectivity index (χ1n) is 11.5. The predicted molar refractivity (Wildman–Crippen MR) is 118 cm³/mol. The summed E-state index contributed by atoms with van der Waals surface area (Å²) >= 11 is 0. The molecule has 2 aliphatic heterocycles. The van der Waals surface area contributed by atoms with Gasteiger partial charge in [0.15, 0.2) is 5.96 Å². The van der Waals surface area contributed by atoms with Crippen molar-refractivity contribution in [3.63, 3.8) is 0 Å². The Labute approximate surface area is 175 Å². The fraction of sp³-hybridized carbons (Fsp3) is 0.708. The lowest BCUT2D eigenvalue weighted by molar-refractivity contribution is -0.0721. The maximum absolute atomic E-state index is 6.17. The molecular weight excluding hydrogens is 362 g/mol. The topological polar surface area (TPSA) is 46.1 Å². The Bertz CT molecular complexity index is 687. The average Bonchev–Trinajstić information content (AvgIpc) is 3.55. The van der Waals surface area contributed by atoms with Crippen molar-refractivity contribution in [2.75, 3.05) is 39.9 Å². The van der Waals surface area contributed by atoms with E-state index in [4.69, 9.17) is 9.47 Å². The van der Waals surface area contributed by atoms with Gasteiger partial charge in [-0.3, -0.25) is 4.99 Å². The number of aliphatic imine (C=N–C) groups is 1. The first-order valence-corrected chi connectivity index (χ1v) is 11.5. The van der Waals surface area contributed by atoms with Crippen molar-refractivity contribution in [3.8, 4) is 0 Å². The Hall–Kier alpha value is -1.59. The van der Waals surface area contributed by atoms with Gasteiger partial charge < -0.3 is 19.7 Å². The molecule has 1 saturated carbocycles. The van der Waals surface area contributed by atoms with Gasteiger partial charge in [0.1, 0.15) is 0 Å². The fourth-order valence-electron chi connectivity index (χ4n) is 4.86. The van der Waals surface area contributed by atoms with Crippen LogP contribution in [0.1, 0.15) is 56.1 Å². The largest absolute Gasteiger partial charge is 0.376 e. The second-order valence-corrected chi connectivity index (χ2v) is 9.00. The van der Waals surface area contributed by atoms with Crippen LogP contribution in [0.4, 0.5) is 0 Å². The minimum Gasteiger partial charge on any atom is -0.376 e. The third-order valence-corrected chi connectivity index (χ3v) is 6.90. The van der Waals surface area contributed by atoms with Gasteiger partial charge in [0.2, 0.25) is 0 Å². The number of rotatable bonds is 6. The molecule has 1 N–H and O–H groups in total. The second-order valence-electron chi connectivity index (χ2n) is 9.00. The molecule has 4 rings (SSSR count). The lowest BCUT2D eigenvalue weighted by Gasteiger charge is -2.35. The number of guanidine groups is 1. The molecular formula is C24H37N3O2. The molecule has 0 bridgehead atoms. The van der Waals surface area contributed by atoms with E-state index in [1.54, 1.807) is 0 Å². The molecule has 0 spiro atoms. The summed E-state index contributed by atoms with van der Waals surface area (Å²) in [6.07, 6.45) is 8.96. The van der Waals surface area contributed by atoms with E-state index in [-0.39, 0.29) is 0 Å². The Morgan fingerprint density at radius 1 is 1.21 bits per heavy atom. The molecule has 1 atom stereocenters. The summed E-state index contributed by atoms with van der Waals surface area (Å²) in [5, 5.41) is 3.68. The number of hydrogen-bond donors (Lipinski definition) is 1. The summed E-state index contributed by atoms with van der Waals surface area (Å²) in [4.78, 5) is 6.97. The van der Waals surface area contributed by atoms with E-state index in [1.807, 2.05) is 7.05 Å². The van der Waals surface area contributed by atoms with Crippen LogP contribution in [0.5, 0.6) is 0 Å². The van der Waals surface area contributed by atoms with Gasteiger partial charge in [0.05, 0.1) is 18.8 Å². The summed E-state index contributed by atoms with van der Waals surface area (Å²) < 4.78 is 12.0. The number of likely N-dealkylation sites (tertiary alicyclic amines) is 1. The molecule has 29 heavy (non-hydrogen) atoms. The van der Waals surface area contributed by atoms with Crippen LogP contribution in [0, 0.1) is 6.92 Å². The van der Waals surface area contributed by atoms with Gasteiger partial charge in [0.25, 0.3) is 0 Å². The molecule has 160 valence electrons. The monoisotopic (exact) mass is 399 g/mol.